The number of hydrogen-bond donors (Lipinski definition) is 0. The van der Waals surface area contributed by atoms with Gasteiger partial charge in [0, 0.05) is 6.61 Å². The van der Waals surface area contributed by atoms with Gasteiger partial charge in [0.2, 0.25) is 0 Å². The summed E-state index contributed by atoms with van der Waals surface area (Å²) in [5, 5.41) is 0. The fraction of sp³-hybridized carbons (Fsp3) is 1.00. The average Bonchev–Trinajstić information content (AvgIpc) is 2.76. The van der Waals surface area contributed by atoms with Crippen molar-refractivity contribution in [3.05, 3.63) is 0 Å². The van der Waals surface area contributed by atoms with Crippen LogP contribution in [-0.2, 0) is 4.74 Å². The summed E-state index contributed by atoms with van der Waals surface area (Å²) in [5.74, 6) is 1.56. The van der Waals surface area contributed by atoms with Crippen LogP contribution in [0.4, 0.5) is 13.2 Å². The van der Waals surface area contributed by atoms with Gasteiger partial charge in [0.15, 0.2) is 0 Å². The first-order chi connectivity index (χ1) is 14.5. The lowest BCUT2D eigenvalue weighted by Gasteiger charge is -2.44. The molecule has 0 N–H and O–H groups in total. The summed E-state index contributed by atoms with van der Waals surface area (Å²) in [6.07, 6.45) is 10.6. The van der Waals surface area contributed by atoms with Crippen molar-refractivity contribution in [2.75, 3.05) is 6.61 Å². The molecule has 4 aliphatic rings. The van der Waals surface area contributed by atoms with Gasteiger partial charge in [-0.25, -0.2) is 13.2 Å². The molecule has 0 saturated heterocycles. The van der Waals surface area contributed by atoms with Crippen LogP contribution >= 0.6 is 0 Å². The van der Waals surface area contributed by atoms with E-state index in [0.29, 0.717) is 36.7 Å². The van der Waals surface area contributed by atoms with E-state index in [1.165, 1.54) is 19.3 Å². The van der Waals surface area contributed by atoms with Crippen molar-refractivity contribution in [1.82, 2.24) is 0 Å². The van der Waals surface area contributed by atoms with Crippen molar-refractivity contribution in [3.63, 3.8) is 0 Å². The van der Waals surface area contributed by atoms with Gasteiger partial charge < -0.3 is 4.74 Å². The Balaban J connectivity index is 1.20. The van der Waals surface area contributed by atoms with E-state index in [4.69, 9.17) is 4.74 Å². The second-order valence-corrected chi connectivity index (χ2v) is 11.3. The number of halogens is 3. The number of alkyl halides is 3. The van der Waals surface area contributed by atoms with Crippen molar-refractivity contribution in [2.45, 2.75) is 121 Å². The minimum atomic E-state index is -1.26. The Morgan fingerprint density at radius 1 is 0.667 bits per heavy atom. The monoisotopic (exact) mass is 428 g/mol. The van der Waals surface area contributed by atoms with Gasteiger partial charge in [0.05, 0.1) is 6.10 Å². The molecular formula is C26H43F3O. The Kier molecular flexibility index (Phi) is 8.08. The Morgan fingerprint density at radius 2 is 1.27 bits per heavy atom. The standard InChI is InChI=1S/C26H43F3O/c1-17-7-14-24(23(27)15-17)30-16-18-8-10-20(11-9-18)22-13-12-21(25(28)26(22)29)19-5-3-2-4-6-19/h17-26H,2-16H2,1H3. The van der Waals surface area contributed by atoms with Crippen LogP contribution in [0.1, 0.15) is 96.8 Å². The highest BCUT2D eigenvalue weighted by atomic mass is 19.2. The summed E-state index contributed by atoms with van der Waals surface area (Å²) in [4.78, 5) is 0. The van der Waals surface area contributed by atoms with Crippen molar-refractivity contribution >= 4 is 0 Å². The Hall–Kier alpha value is -0.250. The van der Waals surface area contributed by atoms with Crippen molar-refractivity contribution < 1.29 is 17.9 Å². The van der Waals surface area contributed by atoms with Crippen LogP contribution in [0.3, 0.4) is 0 Å². The predicted molar refractivity (Wildman–Crippen MR) is 116 cm³/mol. The maximum Gasteiger partial charge on any atom is 0.134 e. The maximum atomic E-state index is 15.2. The van der Waals surface area contributed by atoms with Gasteiger partial charge in [-0.1, -0.05) is 39.0 Å². The normalized spacial score (nSPS) is 46.6. The van der Waals surface area contributed by atoms with E-state index < -0.39 is 18.5 Å². The molecule has 0 aromatic heterocycles. The highest BCUT2D eigenvalue weighted by molar-refractivity contribution is 4.95. The summed E-state index contributed by atoms with van der Waals surface area (Å²) in [6, 6.07) is 0. The van der Waals surface area contributed by atoms with Crippen LogP contribution < -0.4 is 0 Å². The van der Waals surface area contributed by atoms with E-state index in [2.05, 4.69) is 6.92 Å². The molecule has 1 nitrogen and oxygen atoms in total. The Morgan fingerprint density at radius 3 is 1.87 bits per heavy atom. The van der Waals surface area contributed by atoms with E-state index in [1.807, 2.05) is 0 Å². The molecule has 4 heteroatoms. The molecule has 0 aromatic carbocycles. The fourth-order valence-electron chi connectivity index (χ4n) is 7.24. The van der Waals surface area contributed by atoms with Crippen LogP contribution in [0.15, 0.2) is 0 Å². The molecule has 4 aliphatic carbocycles. The molecule has 0 heterocycles. The maximum absolute atomic E-state index is 15.2. The lowest BCUT2D eigenvalue weighted by Crippen LogP contribution is -2.45. The van der Waals surface area contributed by atoms with Crippen LogP contribution in [0.25, 0.3) is 0 Å². The fourth-order valence-corrected chi connectivity index (χ4v) is 7.24. The molecule has 0 radical (unpaired) electrons. The summed E-state index contributed by atoms with van der Waals surface area (Å²) in [6.45, 7) is 2.76. The molecule has 7 atom stereocenters. The topological polar surface area (TPSA) is 9.23 Å². The van der Waals surface area contributed by atoms with E-state index in [9.17, 15) is 4.39 Å². The Bertz CT molecular complexity index is 514. The number of ether oxygens (including phenoxy) is 1. The molecule has 0 amide bonds. The first-order valence-corrected chi connectivity index (χ1v) is 13.1. The summed E-state index contributed by atoms with van der Waals surface area (Å²) in [5.41, 5.74) is 0. The molecule has 4 fully saturated rings. The molecule has 0 spiro atoms. The van der Waals surface area contributed by atoms with Gasteiger partial charge in [-0.2, -0.15) is 0 Å². The third-order valence-corrected chi connectivity index (χ3v) is 9.23. The SMILES string of the molecule is CC1CCC(OCC2CCC(C3CCC(C4CCCCC4)C(F)C3F)CC2)C(F)C1. The zero-order chi connectivity index (χ0) is 21.1. The molecule has 4 saturated carbocycles. The van der Waals surface area contributed by atoms with Crippen molar-refractivity contribution in [1.29, 1.82) is 0 Å². The van der Waals surface area contributed by atoms with Crippen molar-refractivity contribution in [3.8, 4) is 0 Å². The average molecular weight is 429 g/mol. The smallest absolute Gasteiger partial charge is 0.134 e. The van der Waals surface area contributed by atoms with Gasteiger partial charge in [-0.05, 0) is 93.3 Å². The van der Waals surface area contributed by atoms with Crippen molar-refractivity contribution in [2.24, 2.45) is 35.5 Å². The second kappa shape index (κ2) is 10.6. The van der Waals surface area contributed by atoms with Gasteiger partial charge in [-0.15, -0.1) is 0 Å². The highest BCUT2D eigenvalue weighted by Gasteiger charge is 2.46. The lowest BCUT2D eigenvalue weighted by atomic mass is 9.64. The quantitative estimate of drug-likeness (QED) is 0.438. The molecule has 0 aromatic rings. The van der Waals surface area contributed by atoms with E-state index in [-0.39, 0.29) is 17.9 Å². The number of rotatable bonds is 5. The molecule has 30 heavy (non-hydrogen) atoms. The van der Waals surface area contributed by atoms with Crippen LogP contribution in [0.2, 0.25) is 0 Å². The third kappa shape index (κ3) is 5.38. The predicted octanol–water partition coefficient (Wildman–Crippen LogP) is 7.62. The zero-order valence-corrected chi connectivity index (χ0v) is 18.9. The first-order valence-electron chi connectivity index (χ1n) is 13.1. The van der Waals surface area contributed by atoms with Crippen LogP contribution in [0.5, 0.6) is 0 Å². The van der Waals surface area contributed by atoms with Crippen LogP contribution in [-0.4, -0.2) is 31.2 Å². The molecule has 4 rings (SSSR count). The largest absolute Gasteiger partial charge is 0.375 e. The minimum Gasteiger partial charge on any atom is -0.375 e. The van der Waals surface area contributed by atoms with E-state index in [1.54, 1.807) is 0 Å². The van der Waals surface area contributed by atoms with Crippen LogP contribution in [0, 0.1) is 35.5 Å². The van der Waals surface area contributed by atoms with Gasteiger partial charge >= 0.3 is 0 Å². The van der Waals surface area contributed by atoms with Gasteiger partial charge in [-0.3, -0.25) is 0 Å². The molecule has 0 aliphatic heterocycles. The second-order valence-electron chi connectivity index (χ2n) is 11.3. The summed E-state index contributed by atoms with van der Waals surface area (Å²) in [7, 11) is 0. The lowest BCUT2D eigenvalue weighted by molar-refractivity contribution is -0.0603. The van der Waals surface area contributed by atoms with E-state index >= 15 is 8.78 Å². The molecule has 7 unspecified atom stereocenters. The molecule has 0 bridgehead atoms. The summed E-state index contributed by atoms with van der Waals surface area (Å²) >= 11 is 0. The number of hydrogen-bond acceptors (Lipinski definition) is 1. The van der Waals surface area contributed by atoms with Gasteiger partial charge in [0.25, 0.3) is 0 Å². The highest BCUT2D eigenvalue weighted by Crippen LogP contribution is 2.47. The Labute approximate surface area is 181 Å². The third-order valence-electron chi connectivity index (χ3n) is 9.23. The molecule has 174 valence electrons. The minimum absolute atomic E-state index is 0.0341. The first kappa shape index (κ1) is 22.9. The van der Waals surface area contributed by atoms with E-state index in [0.717, 1.165) is 64.2 Å². The molecular weight excluding hydrogens is 385 g/mol. The zero-order valence-electron chi connectivity index (χ0n) is 18.9. The summed E-state index contributed by atoms with van der Waals surface area (Å²) < 4.78 is 50.4. The van der Waals surface area contributed by atoms with Gasteiger partial charge in [0.1, 0.15) is 18.5 Å².